The zero-order valence-electron chi connectivity index (χ0n) is 10.2. The first-order chi connectivity index (χ1) is 8.13. The smallest absolute Gasteiger partial charge is 0.0861 e. The molecule has 0 aliphatic carbocycles. The first-order valence-corrected chi connectivity index (χ1v) is 7.27. The number of halogens is 1. The van der Waals surface area contributed by atoms with Gasteiger partial charge >= 0.3 is 0 Å². The Kier molecular flexibility index (Phi) is 6.33. The van der Waals surface area contributed by atoms with E-state index in [4.69, 9.17) is 16.7 Å². The van der Waals surface area contributed by atoms with Crippen molar-refractivity contribution in [3.05, 3.63) is 16.4 Å². The number of thioether (sulfide) groups is 1. The van der Waals surface area contributed by atoms with Crippen LogP contribution in [0.3, 0.4) is 0 Å². The van der Waals surface area contributed by atoms with E-state index in [1.54, 1.807) is 11.8 Å². The van der Waals surface area contributed by atoms with Crippen LogP contribution in [-0.4, -0.2) is 38.5 Å². The van der Waals surface area contributed by atoms with Gasteiger partial charge in [-0.3, -0.25) is 4.68 Å². The van der Waals surface area contributed by atoms with E-state index in [1.165, 1.54) is 0 Å². The topological polar surface area (TPSA) is 58.3 Å². The first kappa shape index (κ1) is 14.8. The molecule has 1 atom stereocenters. The van der Waals surface area contributed by atoms with Crippen molar-refractivity contribution < 1.29 is 10.2 Å². The summed E-state index contributed by atoms with van der Waals surface area (Å²) < 4.78 is 1.90. The largest absolute Gasteiger partial charge is 0.394 e. The van der Waals surface area contributed by atoms with Crippen molar-refractivity contribution in [1.29, 1.82) is 0 Å². The van der Waals surface area contributed by atoms with Crippen LogP contribution in [0.15, 0.2) is 0 Å². The van der Waals surface area contributed by atoms with Gasteiger partial charge in [-0.15, -0.1) is 0 Å². The number of aromatic nitrogens is 2. The summed E-state index contributed by atoms with van der Waals surface area (Å²) in [6.07, 6.45) is 0.158. The maximum atomic E-state index is 9.26. The van der Waals surface area contributed by atoms with Gasteiger partial charge in [0.2, 0.25) is 0 Å². The molecule has 0 aliphatic rings. The van der Waals surface area contributed by atoms with Gasteiger partial charge in [-0.05, 0) is 13.3 Å². The molecule has 17 heavy (non-hydrogen) atoms. The monoisotopic (exact) mass is 278 g/mol. The molecule has 1 rings (SSSR count). The van der Waals surface area contributed by atoms with E-state index < -0.39 is 6.10 Å². The first-order valence-electron chi connectivity index (χ1n) is 5.74. The molecule has 98 valence electrons. The molecule has 0 bridgehead atoms. The number of aryl methyl sites for hydroxylation is 2. The van der Waals surface area contributed by atoms with E-state index in [2.05, 4.69) is 5.10 Å². The summed E-state index contributed by atoms with van der Waals surface area (Å²) in [5.41, 5.74) is 1.92. The number of rotatable bonds is 7. The fourth-order valence-corrected chi connectivity index (χ4v) is 2.90. The lowest BCUT2D eigenvalue weighted by Crippen LogP contribution is -2.15. The lowest BCUT2D eigenvalue weighted by Gasteiger charge is -2.08. The highest BCUT2D eigenvalue weighted by Crippen LogP contribution is 2.25. The van der Waals surface area contributed by atoms with Crippen molar-refractivity contribution >= 4 is 23.4 Å². The highest BCUT2D eigenvalue weighted by atomic mass is 35.5. The molecule has 0 aromatic carbocycles. The van der Waals surface area contributed by atoms with E-state index in [0.29, 0.717) is 11.5 Å². The van der Waals surface area contributed by atoms with E-state index in [0.717, 1.165) is 29.4 Å². The van der Waals surface area contributed by atoms with Gasteiger partial charge in [-0.25, -0.2) is 0 Å². The third-order valence-electron chi connectivity index (χ3n) is 2.45. The summed E-state index contributed by atoms with van der Waals surface area (Å²) >= 11 is 7.80. The Morgan fingerprint density at radius 2 is 2.18 bits per heavy atom. The van der Waals surface area contributed by atoms with Gasteiger partial charge in [-0.2, -0.15) is 16.9 Å². The van der Waals surface area contributed by atoms with Crippen molar-refractivity contribution in [1.82, 2.24) is 9.78 Å². The second-order valence-electron chi connectivity index (χ2n) is 3.73. The summed E-state index contributed by atoms with van der Waals surface area (Å²) in [6, 6.07) is 0. The summed E-state index contributed by atoms with van der Waals surface area (Å²) in [6.45, 7) is 4.65. The average Bonchev–Trinajstić information content (AvgIpc) is 2.65. The molecule has 4 nitrogen and oxygen atoms in total. The number of nitrogens with zero attached hydrogens (tertiary/aromatic N) is 2. The van der Waals surface area contributed by atoms with Gasteiger partial charge in [0.1, 0.15) is 0 Å². The minimum Gasteiger partial charge on any atom is -0.394 e. The predicted molar refractivity (Wildman–Crippen MR) is 71.5 cm³/mol. The van der Waals surface area contributed by atoms with Crippen LogP contribution >= 0.6 is 23.4 Å². The Morgan fingerprint density at radius 3 is 2.71 bits per heavy atom. The molecule has 1 aromatic rings. The molecule has 6 heteroatoms. The Bertz CT molecular complexity index is 357. The Morgan fingerprint density at radius 1 is 1.47 bits per heavy atom. The van der Waals surface area contributed by atoms with Crippen molar-refractivity contribution in [3.63, 3.8) is 0 Å². The molecule has 0 radical (unpaired) electrons. The summed E-state index contributed by atoms with van der Waals surface area (Å²) in [5, 5.41) is 23.1. The molecule has 0 spiro atoms. The number of aliphatic hydroxyl groups is 2. The zero-order chi connectivity index (χ0) is 12.8. The van der Waals surface area contributed by atoms with Crippen LogP contribution in [0.1, 0.15) is 25.2 Å². The fraction of sp³-hybridized carbons (Fsp3) is 0.727. The second kappa shape index (κ2) is 7.26. The van der Waals surface area contributed by atoms with Crippen molar-refractivity contribution in [2.45, 2.75) is 38.7 Å². The molecule has 1 unspecified atom stereocenters. The van der Waals surface area contributed by atoms with E-state index in [-0.39, 0.29) is 6.61 Å². The molecule has 0 fully saturated rings. The van der Waals surface area contributed by atoms with Crippen LogP contribution in [0.5, 0.6) is 0 Å². The standard InChI is InChI=1S/C11H19ClN2O2S/c1-3-9-11(12)10(14(4-2)13-9)7-17-6-8(16)5-15/h8,15-16H,3-7H2,1-2H3. The van der Waals surface area contributed by atoms with Gasteiger partial charge in [0.25, 0.3) is 0 Å². The van der Waals surface area contributed by atoms with Crippen molar-refractivity contribution in [3.8, 4) is 0 Å². The quantitative estimate of drug-likeness (QED) is 0.797. The third kappa shape index (κ3) is 3.88. The van der Waals surface area contributed by atoms with Crippen LogP contribution in [0.4, 0.5) is 0 Å². The van der Waals surface area contributed by atoms with Crippen molar-refractivity contribution in [2.75, 3.05) is 12.4 Å². The highest BCUT2D eigenvalue weighted by Gasteiger charge is 2.14. The van der Waals surface area contributed by atoms with Gasteiger partial charge in [0.15, 0.2) is 0 Å². The van der Waals surface area contributed by atoms with Gasteiger partial charge in [-0.1, -0.05) is 18.5 Å². The molecular formula is C11H19ClN2O2S. The zero-order valence-corrected chi connectivity index (χ0v) is 11.8. The second-order valence-corrected chi connectivity index (χ2v) is 5.14. The SMILES string of the molecule is CCc1nn(CC)c(CSCC(O)CO)c1Cl. The molecule has 0 saturated heterocycles. The molecule has 0 aliphatic heterocycles. The fourth-order valence-electron chi connectivity index (χ4n) is 1.50. The molecule has 0 saturated carbocycles. The van der Waals surface area contributed by atoms with E-state index in [9.17, 15) is 5.11 Å². The number of aliphatic hydroxyl groups excluding tert-OH is 2. The molecule has 1 heterocycles. The van der Waals surface area contributed by atoms with E-state index >= 15 is 0 Å². The Hall–Kier alpha value is -0.230. The maximum Gasteiger partial charge on any atom is 0.0861 e. The minimum atomic E-state index is -0.664. The van der Waals surface area contributed by atoms with Crippen molar-refractivity contribution in [2.24, 2.45) is 0 Å². The maximum absolute atomic E-state index is 9.26. The molecular weight excluding hydrogens is 260 g/mol. The Labute approximate surface area is 111 Å². The Balaban J connectivity index is 2.66. The van der Waals surface area contributed by atoms with Gasteiger partial charge < -0.3 is 10.2 Å². The van der Waals surface area contributed by atoms with E-state index in [1.807, 2.05) is 18.5 Å². The average molecular weight is 279 g/mol. The van der Waals surface area contributed by atoms with Gasteiger partial charge in [0, 0.05) is 18.1 Å². The van der Waals surface area contributed by atoms with Crippen LogP contribution in [-0.2, 0) is 18.7 Å². The van der Waals surface area contributed by atoms with Crippen LogP contribution in [0, 0.1) is 0 Å². The lowest BCUT2D eigenvalue weighted by atomic mass is 10.3. The van der Waals surface area contributed by atoms with Gasteiger partial charge in [0.05, 0.1) is 29.1 Å². The lowest BCUT2D eigenvalue weighted by molar-refractivity contribution is 0.113. The summed E-state index contributed by atoms with van der Waals surface area (Å²) in [7, 11) is 0. The highest BCUT2D eigenvalue weighted by molar-refractivity contribution is 7.98. The number of hydrogen-bond donors (Lipinski definition) is 2. The number of hydrogen-bond acceptors (Lipinski definition) is 4. The summed E-state index contributed by atoms with van der Waals surface area (Å²) in [5.74, 6) is 1.21. The minimum absolute atomic E-state index is 0.200. The summed E-state index contributed by atoms with van der Waals surface area (Å²) in [4.78, 5) is 0. The normalized spacial score (nSPS) is 13.0. The molecule has 1 aromatic heterocycles. The van der Waals surface area contributed by atoms with Crippen LogP contribution in [0.25, 0.3) is 0 Å². The van der Waals surface area contributed by atoms with Crippen LogP contribution < -0.4 is 0 Å². The van der Waals surface area contributed by atoms with Crippen LogP contribution in [0.2, 0.25) is 5.02 Å². The molecule has 0 amide bonds. The predicted octanol–water partition coefficient (Wildman–Crippen LogP) is 1.71. The third-order valence-corrected chi connectivity index (χ3v) is 3.99. The molecule has 2 N–H and O–H groups in total.